The van der Waals surface area contributed by atoms with Gasteiger partial charge in [-0.15, -0.1) is 0 Å². The molecule has 102 valence electrons. The molecule has 0 bridgehead atoms. The molecule has 18 heavy (non-hydrogen) atoms. The van der Waals surface area contributed by atoms with Crippen LogP contribution in [0.2, 0.25) is 0 Å². The van der Waals surface area contributed by atoms with E-state index in [4.69, 9.17) is 20.1 Å². The zero-order valence-corrected chi connectivity index (χ0v) is 9.74. The standard InChI is InChI=1S/C11H16O7/c12-9(13)3-6-1-2-18-8(5-11(16)17)7(6)4-10(14)15/h6-8H,1-5H2,(H,12,13)(H,14,15)(H,16,17). The summed E-state index contributed by atoms with van der Waals surface area (Å²) in [6.07, 6.45) is -1.00. The first-order chi connectivity index (χ1) is 8.40. The third-order valence-corrected chi connectivity index (χ3v) is 3.13. The molecular formula is C11H16O7. The first-order valence-electron chi connectivity index (χ1n) is 5.67. The molecule has 1 fully saturated rings. The van der Waals surface area contributed by atoms with Gasteiger partial charge in [-0.2, -0.15) is 0 Å². The molecule has 0 spiro atoms. The van der Waals surface area contributed by atoms with Gasteiger partial charge in [0, 0.05) is 13.0 Å². The van der Waals surface area contributed by atoms with Gasteiger partial charge in [0.1, 0.15) is 0 Å². The fourth-order valence-electron chi connectivity index (χ4n) is 2.37. The van der Waals surface area contributed by atoms with Crippen LogP contribution < -0.4 is 0 Å². The van der Waals surface area contributed by atoms with Gasteiger partial charge < -0.3 is 20.1 Å². The first kappa shape index (κ1) is 14.4. The van der Waals surface area contributed by atoms with E-state index >= 15 is 0 Å². The van der Waals surface area contributed by atoms with E-state index < -0.39 is 29.9 Å². The number of carboxylic acids is 3. The summed E-state index contributed by atoms with van der Waals surface area (Å²) in [7, 11) is 0. The van der Waals surface area contributed by atoms with Crippen molar-refractivity contribution in [2.75, 3.05) is 6.61 Å². The molecule has 1 aliphatic rings. The van der Waals surface area contributed by atoms with Crippen molar-refractivity contribution in [3.05, 3.63) is 0 Å². The highest BCUT2D eigenvalue weighted by Gasteiger charge is 2.37. The Hall–Kier alpha value is -1.63. The topological polar surface area (TPSA) is 121 Å². The molecule has 3 N–H and O–H groups in total. The summed E-state index contributed by atoms with van der Waals surface area (Å²) in [5.74, 6) is -4.07. The minimum absolute atomic E-state index is 0.155. The number of hydrogen-bond donors (Lipinski definition) is 3. The Morgan fingerprint density at radius 2 is 1.50 bits per heavy atom. The van der Waals surface area contributed by atoms with Crippen molar-refractivity contribution in [3.8, 4) is 0 Å². The van der Waals surface area contributed by atoms with Crippen LogP contribution in [-0.4, -0.2) is 45.9 Å². The van der Waals surface area contributed by atoms with Gasteiger partial charge in [-0.25, -0.2) is 0 Å². The van der Waals surface area contributed by atoms with E-state index in [1.807, 2.05) is 0 Å². The molecule has 0 aromatic rings. The molecular weight excluding hydrogens is 244 g/mol. The van der Waals surface area contributed by atoms with E-state index in [9.17, 15) is 14.4 Å². The first-order valence-corrected chi connectivity index (χ1v) is 5.67. The Morgan fingerprint density at radius 1 is 0.944 bits per heavy atom. The Balaban J connectivity index is 2.78. The summed E-state index contributed by atoms with van der Waals surface area (Å²) in [5.41, 5.74) is 0. The summed E-state index contributed by atoms with van der Waals surface area (Å²) in [5, 5.41) is 26.3. The molecule has 3 atom stereocenters. The summed E-state index contributed by atoms with van der Waals surface area (Å²) in [6.45, 7) is 0.270. The summed E-state index contributed by atoms with van der Waals surface area (Å²) in [4.78, 5) is 32.2. The molecule has 0 aromatic carbocycles. The number of aliphatic carboxylic acids is 3. The van der Waals surface area contributed by atoms with Gasteiger partial charge in [-0.1, -0.05) is 0 Å². The maximum absolute atomic E-state index is 10.8. The van der Waals surface area contributed by atoms with Crippen LogP contribution in [0.25, 0.3) is 0 Å². The quantitative estimate of drug-likeness (QED) is 0.633. The monoisotopic (exact) mass is 260 g/mol. The van der Waals surface area contributed by atoms with Crippen LogP contribution in [0.15, 0.2) is 0 Å². The third kappa shape index (κ3) is 4.33. The molecule has 0 amide bonds. The van der Waals surface area contributed by atoms with Gasteiger partial charge in [-0.3, -0.25) is 14.4 Å². The van der Waals surface area contributed by atoms with Gasteiger partial charge in [0.25, 0.3) is 0 Å². The Labute approximate surface area is 103 Å². The normalized spacial score (nSPS) is 27.7. The third-order valence-electron chi connectivity index (χ3n) is 3.13. The van der Waals surface area contributed by atoms with Crippen LogP contribution in [0, 0.1) is 11.8 Å². The Kier molecular flexibility index (Phi) is 5.08. The average Bonchev–Trinajstić information content (AvgIpc) is 2.20. The van der Waals surface area contributed by atoms with Crippen molar-refractivity contribution in [1.29, 1.82) is 0 Å². The molecule has 7 nitrogen and oxygen atoms in total. The Bertz CT molecular complexity index is 314. The van der Waals surface area contributed by atoms with Crippen molar-refractivity contribution in [3.63, 3.8) is 0 Å². The molecule has 7 heteroatoms. The van der Waals surface area contributed by atoms with Gasteiger partial charge in [0.2, 0.25) is 0 Å². The van der Waals surface area contributed by atoms with Crippen molar-refractivity contribution in [1.82, 2.24) is 0 Å². The lowest BCUT2D eigenvalue weighted by molar-refractivity contribution is -0.153. The minimum Gasteiger partial charge on any atom is -0.481 e. The van der Waals surface area contributed by atoms with E-state index in [1.54, 1.807) is 0 Å². The summed E-state index contributed by atoms with van der Waals surface area (Å²) < 4.78 is 5.28. The van der Waals surface area contributed by atoms with Crippen LogP contribution in [-0.2, 0) is 19.1 Å². The number of hydrogen-bond acceptors (Lipinski definition) is 4. The van der Waals surface area contributed by atoms with Crippen LogP contribution in [0.1, 0.15) is 25.7 Å². The highest BCUT2D eigenvalue weighted by molar-refractivity contribution is 5.70. The lowest BCUT2D eigenvalue weighted by atomic mass is 9.78. The van der Waals surface area contributed by atoms with E-state index in [0.29, 0.717) is 6.42 Å². The van der Waals surface area contributed by atoms with E-state index in [1.165, 1.54) is 0 Å². The van der Waals surface area contributed by atoms with Crippen LogP contribution in [0.4, 0.5) is 0 Å². The van der Waals surface area contributed by atoms with Crippen molar-refractivity contribution < 1.29 is 34.4 Å². The lowest BCUT2D eigenvalue weighted by Gasteiger charge is -2.36. The van der Waals surface area contributed by atoms with Crippen molar-refractivity contribution in [2.45, 2.75) is 31.8 Å². The van der Waals surface area contributed by atoms with Crippen LogP contribution >= 0.6 is 0 Å². The van der Waals surface area contributed by atoms with Gasteiger partial charge in [0.15, 0.2) is 0 Å². The predicted molar refractivity (Wildman–Crippen MR) is 58.1 cm³/mol. The molecule has 0 aromatic heterocycles. The lowest BCUT2D eigenvalue weighted by Crippen LogP contribution is -2.40. The molecule has 3 unspecified atom stereocenters. The van der Waals surface area contributed by atoms with E-state index in [0.717, 1.165) is 0 Å². The fraction of sp³-hybridized carbons (Fsp3) is 0.727. The van der Waals surface area contributed by atoms with Crippen LogP contribution in [0.5, 0.6) is 0 Å². The highest BCUT2D eigenvalue weighted by atomic mass is 16.5. The number of carbonyl (C=O) groups is 3. The molecule has 0 aliphatic carbocycles. The fourth-order valence-corrected chi connectivity index (χ4v) is 2.37. The van der Waals surface area contributed by atoms with Gasteiger partial charge >= 0.3 is 17.9 Å². The second-order valence-corrected chi connectivity index (χ2v) is 4.42. The average molecular weight is 260 g/mol. The summed E-state index contributed by atoms with van der Waals surface area (Å²) >= 11 is 0. The largest absolute Gasteiger partial charge is 0.481 e. The molecule has 1 saturated heterocycles. The van der Waals surface area contributed by atoms with E-state index in [2.05, 4.69) is 0 Å². The second kappa shape index (κ2) is 6.34. The van der Waals surface area contributed by atoms with E-state index in [-0.39, 0.29) is 31.8 Å². The van der Waals surface area contributed by atoms with Crippen molar-refractivity contribution >= 4 is 17.9 Å². The molecule has 1 heterocycles. The van der Waals surface area contributed by atoms with Gasteiger partial charge in [0.05, 0.1) is 18.9 Å². The number of ether oxygens (including phenoxy) is 1. The SMILES string of the molecule is O=C(O)CC1CCOC(CC(=O)O)C1CC(=O)O. The van der Waals surface area contributed by atoms with Crippen molar-refractivity contribution in [2.24, 2.45) is 11.8 Å². The van der Waals surface area contributed by atoms with Crippen LogP contribution in [0.3, 0.4) is 0 Å². The second-order valence-electron chi connectivity index (χ2n) is 4.42. The number of carboxylic acid groups (broad SMARTS) is 3. The van der Waals surface area contributed by atoms with Gasteiger partial charge in [-0.05, 0) is 18.3 Å². The predicted octanol–water partition coefficient (Wildman–Crippen LogP) is 0.432. The Morgan fingerprint density at radius 3 is 2.00 bits per heavy atom. The summed E-state index contributed by atoms with van der Waals surface area (Å²) in [6, 6.07) is 0. The molecule has 0 radical (unpaired) electrons. The highest BCUT2D eigenvalue weighted by Crippen LogP contribution is 2.33. The molecule has 1 aliphatic heterocycles. The smallest absolute Gasteiger partial charge is 0.305 e. The zero-order valence-electron chi connectivity index (χ0n) is 9.74. The molecule has 1 rings (SSSR count). The zero-order chi connectivity index (χ0) is 13.7. The maximum Gasteiger partial charge on any atom is 0.305 e. The molecule has 0 saturated carbocycles. The number of rotatable bonds is 6. The maximum atomic E-state index is 10.8. The minimum atomic E-state index is -1.08.